The molecule has 5 heteroatoms. The number of carbonyl (C=O) groups excluding carboxylic acids is 1. The Bertz CT molecular complexity index is 878. The van der Waals surface area contributed by atoms with Crippen molar-refractivity contribution in [2.24, 2.45) is 0 Å². The van der Waals surface area contributed by atoms with Crippen molar-refractivity contribution >= 4 is 5.91 Å². The highest BCUT2D eigenvalue weighted by atomic mass is 16.5. The number of likely N-dealkylation sites (tertiary alicyclic amines) is 1. The van der Waals surface area contributed by atoms with Crippen LogP contribution in [0, 0.1) is 0 Å². The number of rotatable bonds is 5. The van der Waals surface area contributed by atoms with Crippen molar-refractivity contribution in [3.63, 3.8) is 0 Å². The quantitative estimate of drug-likeness (QED) is 0.747. The normalized spacial score (nSPS) is 16.9. The highest BCUT2D eigenvalue weighted by Crippen LogP contribution is 2.28. The molecule has 0 saturated carbocycles. The van der Waals surface area contributed by atoms with Crippen LogP contribution in [0.1, 0.15) is 40.5 Å². The van der Waals surface area contributed by atoms with Crippen molar-refractivity contribution in [3.05, 3.63) is 83.9 Å². The van der Waals surface area contributed by atoms with Gasteiger partial charge in [0.25, 0.3) is 5.91 Å². The summed E-state index contributed by atoms with van der Waals surface area (Å²) in [6.45, 7) is 1.89. The van der Waals surface area contributed by atoms with Gasteiger partial charge in [0.2, 0.25) is 0 Å². The number of ether oxygens (including phenoxy) is 1. The number of aromatic nitrogens is 2. The van der Waals surface area contributed by atoms with Crippen molar-refractivity contribution in [3.8, 4) is 5.75 Å². The Kier molecular flexibility index (Phi) is 5.19. The molecule has 0 bridgehead atoms. The average molecular weight is 361 g/mol. The van der Waals surface area contributed by atoms with E-state index in [-0.39, 0.29) is 11.8 Å². The summed E-state index contributed by atoms with van der Waals surface area (Å²) >= 11 is 0. The number of nitrogens with one attached hydrogen (secondary N) is 1. The van der Waals surface area contributed by atoms with E-state index in [2.05, 4.69) is 9.97 Å². The molecule has 27 heavy (non-hydrogen) atoms. The summed E-state index contributed by atoms with van der Waals surface area (Å²) in [4.78, 5) is 22.6. The molecule has 1 aliphatic rings. The molecule has 0 aliphatic carbocycles. The lowest BCUT2D eigenvalue weighted by Crippen LogP contribution is -2.39. The minimum atomic E-state index is 0.0231. The molecule has 1 N–H and O–H groups in total. The average Bonchev–Trinajstić information content (AvgIpc) is 3.28. The Hall–Kier alpha value is -3.08. The van der Waals surface area contributed by atoms with Crippen LogP contribution in [0.3, 0.4) is 0 Å². The Balaban J connectivity index is 1.48. The lowest BCUT2D eigenvalue weighted by molar-refractivity contribution is 0.0700. The predicted molar refractivity (Wildman–Crippen MR) is 104 cm³/mol. The number of para-hydroxylation sites is 1. The Morgan fingerprint density at radius 1 is 1.15 bits per heavy atom. The highest BCUT2D eigenvalue weighted by Gasteiger charge is 2.28. The van der Waals surface area contributed by atoms with Gasteiger partial charge in [-0.15, -0.1) is 0 Å². The molecule has 4 rings (SSSR count). The van der Waals surface area contributed by atoms with E-state index in [0.717, 1.165) is 30.8 Å². The van der Waals surface area contributed by atoms with Crippen molar-refractivity contribution in [1.82, 2.24) is 14.9 Å². The van der Waals surface area contributed by atoms with Crippen LogP contribution in [-0.2, 0) is 6.61 Å². The van der Waals surface area contributed by atoms with Gasteiger partial charge in [-0.25, -0.2) is 4.98 Å². The van der Waals surface area contributed by atoms with Crippen LogP contribution in [-0.4, -0.2) is 33.9 Å². The summed E-state index contributed by atoms with van der Waals surface area (Å²) in [5, 5.41) is 0. The zero-order valence-electron chi connectivity index (χ0n) is 15.2. The van der Waals surface area contributed by atoms with Crippen molar-refractivity contribution in [1.29, 1.82) is 0 Å². The lowest BCUT2D eigenvalue weighted by Gasteiger charge is -2.32. The molecular weight excluding hydrogens is 338 g/mol. The van der Waals surface area contributed by atoms with Crippen LogP contribution < -0.4 is 4.74 Å². The first-order chi connectivity index (χ1) is 13.3. The Morgan fingerprint density at radius 2 is 1.96 bits per heavy atom. The summed E-state index contributed by atoms with van der Waals surface area (Å²) < 4.78 is 5.97. The smallest absolute Gasteiger partial charge is 0.257 e. The first-order valence-electron chi connectivity index (χ1n) is 9.35. The first-order valence-corrected chi connectivity index (χ1v) is 9.35. The van der Waals surface area contributed by atoms with Gasteiger partial charge < -0.3 is 14.6 Å². The van der Waals surface area contributed by atoms with Crippen LogP contribution in [0.5, 0.6) is 5.75 Å². The summed E-state index contributed by atoms with van der Waals surface area (Å²) in [7, 11) is 0. The van der Waals surface area contributed by atoms with Gasteiger partial charge in [0.15, 0.2) is 0 Å². The second kappa shape index (κ2) is 8.08. The maximum Gasteiger partial charge on any atom is 0.257 e. The second-order valence-corrected chi connectivity index (χ2v) is 6.84. The first kappa shape index (κ1) is 17.3. The third kappa shape index (κ3) is 4.03. The Morgan fingerprint density at radius 3 is 2.78 bits per heavy atom. The maximum absolute atomic E-state index is 13.2. The fourth-order valence-electron chi connectivity index (χ4n) is 3.56. The number of imidazole rings is 1. The number of nitrogens with zero attached hydrogens (tertiary/aromatic N) is 2. The fraction of sp³-hybridized carbons (Fsp3) is 0.273. The van der Waals surface area contributed by atoms with Crippen molar-refractivity contribution in [2.75, 3.05) is 13.1 Å². The fourth-order valence-corrected chi connectivity index (χ4v) is 3.56. The minimum Gasteiger partial charge on any atom is -0.488 e. The molecule has 1 aliphatic heterocycles. The van der Waals surface area contributed by atoms with Gasteiger partial charge in [0.1, 0.15) is 18.2 Å². The topological polar surface area (TPSA) is 58.2 Å². The molecule has 2 heterocycles. The molecule has 138 valence electrons. The summed E-state index contributed by atoms with van der Waals surface area (Å²) in [6, 6.07) is 17.5. The molecule has 1 amide bonds. The summed E-state index contributed by atoms with van der Waals surface area (Å²) in [5.74, 6) is 1.87. The van der Waals surface area contributed by atoms with Gasteiger partial charge in [0.05, 0.1) is 5.56 Å². The number of piperidine rings is 1. The van der Waals surface area contributed by atoms with E-state index in [4.69, 9.17) is 4.74 Å². The predicted octanol–water partition coefficient (Wildman–Crippen LogP) is 4.01. The van der Waals surface area contributed by atoms with E-state index >= 15 is 0 Å². The number of carbonyl (C=O) groups is 1. The number of H-pyrrole nitrogens is 1. The highest BCUT2D eigenvalue weighted by molar-refractivity contribution is 5.97. The van der Waals surface area contributed by atoms with Crippen LogP contribution in [0.4, 0.5) is 0 Å². The minimum absolute atomic E-state index is 0.0231. The van der Waals surface area contributed by atoms with Crippen molar-refractivity contribution < 1.29 is 9.53 Å². The van der Waals surface area contributed by atoms with E-state index in [1.165, 1.54) is 0 Å². The van der Waals surface area contributed by atoms with Gasteiger partial charge in [0, 0.05) is 31.4 Å². The van der Waals surface area contributed by atoms with Gasteiger partial charge in [-0.3, -0.25) is 4.79 Å². The molecule has 2 aromatic carbocycles. The number of aromatic amines is 1. The number of benzene rings is 2. The van der Waals surface area contributed by atoms with Crippen LogP contribution in [0.25, 0.3) is 0 Å². The number of amides is 1. The molecule has 1 saturated heterocycles. The molecule has 1 atom stereocenters. The van der Waals surface area contributed by atoms with E-state index in [1.807, 2.05) is 65.7 Å². The van der Waals surface area contributed by atoms with Crippen LogP contribution >= 0.6 is 0 Å². The number of hydrogen-bond donors (Lipinski definition) is 1. The molecule has 0 unspecified atom stereocenters. The van der Waals surface area contributed by atoms with E-state index in [9.17, 15) is 4.79 Å². The summed E-state index contributed by atoms with van der Waals surface area (Å²) in [5.41, 5.74) is 1.70. The molecule has 3 aromatic rings. The van der Waals surface area contributed by atoms with Gasteiger partial charge in [-0.1, -0.05) is 42.5 Å². The molecule has 1 fully saturated rings. The third-order valence-corrected chi connectivity index (χ3v) is 4.97. The molecule has 5 nitrogen and oxygen atoms in total. The van der Waals surface area contributed by atoms with E-state index in [0.29, 0.717) is 24.5 Å². The largest absolute Gasteiger partial charge is 0.488 e. The molecule has 1 aromatic heterocycles. The Labute approximate surface area is 159 Å². The summed E-state index contributed by atoms with van der Waals surface area (Å²) in [6.07, 6.45) is 5.62. The zero-order valence-corrected chi connectivity index (χ0v) is 15.2. The second-order valence-electron chi connectivity index (χ2n) is 6.84. The van der Waals surface area contributed by atoms with E-state index in [1.54, 1.807) is 6.20 Å². The van der Waals surface area contributed by atoms with Crippen LogP contribution in [0.15, 0.2) is 67.0 Å². The molecule has 0 spiro atoms. The third-order valence-electron chi connectivity index (χ3n) is 4.97. The van der Waals surface area contributed by atoms with Gasteiger partial charge in [-0.05, 0) is 30.5 Å². The maximum atomic E-state index is 13.2. The monoisotopic (exact) mass is 361 g/mol. The number of hydrogen-bond acceptors (Lipinski definition) is 3. The van der Waals surface area contributed by atoms with E-state index < -0.39 is 0 Å². The zero-order chi connectivity index (χ0) is 18.5. The SMILES string of the molecule is O=C(c1ccccc1OCc1ccccc1)N1CCC[C@H](c2ncc[nH]2)C1. The standard InChI is InChI=1S/C22H23N3O2/c26-22(25-14-6-9-18(15-25)21-23-12-13-24-21)19-10-4-5-11-20(19)27-16-17-7-2-1-3-8-17/h1-5,7-8,10-13,18H,6,9,14-16H2,(H,23,24)/t18-/m0/s1. The molecular formula is C22H23N3O2. The van der Waals surface area contributed by atoms with Gasteiger partial charge >= 0.3 is 0 Å². The van der Waals surface area contributed by atoms with Crippen molar-refractivity contribution in [2.45, 2.75) is 25.4 Å². The van der Waals surface area contributed by atoms with Gasteiger partial charge in [-0.2, -0.15) is 0 Å². The van der Waals surface area contributed by atoms with Crippen LogP contribution in [0.2, 0.25) is 0 Å². The lowest BCUT2D eigenvalue weighted by atomic mass is 9.96. The molecule has 0 radical (unpaired) electrons.